The summed E-state index contributed by atoms with van der Waals surface area (Å²) in [7, 11) is 0. The van der Waals surface area contributed by atoms with Crippen LogP contribution in [0.5, 0.6) is 0 Å². The van der Waals surface area contributed by atoms with Gasteiger partial charge in [0.25, 0.3) is 0 Å². The van der Waals surface area contributed by atoms with Crippen LogP contribution in [0, 0.1) is 6.92 Å². The van der Waals surface area contributed by atoms with E-state index in [2.05, 4.69) is 4.99 Å². The molecule has 0 saturated carbocycles. The molecule has 1 saturated heterocycles. The normalized spacial score (nSPS) is 18.4. The summed E-state index contributed by atoms with van der Waals surface area (Å²) in [5, 5.41) is 1.78. The third-order valence-electron chi connectivity index (χ3n) is 3.45. The Balaban J connectivity index is 2.17. The highest BCUT2D eigenvalue weighted by molar-refractivity contribution is 5.85. The summed E-state index contributed by atoms with van der Waals surface area (Å²) in [5.74, 6) is 6.21. The maximum absolute atomic E-state index is 6.08. The molecule has 6 N–H and O–H groups in total. The molecule has 0 aromatic heterocycles. The van der Waals surface area contributed by atoms with Gasteiger partial charge in [-0.2, -0.15) is 0 Å². The standard InChI is InChI=1S/C14H22N6/c1-11-4-2-3-5-12(11)13(10-15)18-14(16)19-6-8-20(17)9-7-19/h2-5,10H,6-9,15,17H2,1H3,(H2,16,18)/b13-10-. The first-order valence-corrected chi connectivity index (χ1v) is 6.68. The molecule has 1 heterocycles. The number of aliphatic imine (C=N–C) groups is 1. The lowest BCUT2D eigenvalue weighted by molar-refractivity contribution is 0.184. The first-order valence-electron chi connectivity index (χ1n) is 6.68. The van der Waals surface area contributed by atoms with Gasteiger partial charge in [-0.3, -0.25) is 5.84 Å². The lowest BCUT2D eigenvalue weighted by Crippen LogP contribution is -2.53. The fraction of sp³-hybridized carbons (Fsp3) is 0.357. The molecule has 1 aliphatic heterocycles. The van der Waals surface area contributed by atoms with Crippen LogP contribution in [0.4, 0.5) is 0 Å². The van der Waals surface area contributed by atoms with Gasteiger partial charge in [-0.05, 0) is 12.5 Å². The number of nitrogens with zero attached hydrogens (tertiary/aromatic N) is 3. The van der Waals surface area contributed by atoms with Crippen LogP contribution >= 0.6 is 0 Å². The highest BCUT2D eigenvalue weighted by Gasteiger charge is 2.16. The van der Waals surface area contributed by atoms with E-state index in [0.717, 1.165) is 37.3 Å². The Bertz CT molecular complexity index is 514. The zero-order valence-electron chi connectivity index (χ0n) is 11.8. The van der Waals surface area contributed by atoms with Crippen molar-refractivity contribution in [3.05, 3.63) is 41.6 Å². The Hall–Kier alpha value is -2.05. The van der Waals surface area contributed by atoms with Crippen molar-refractivity contribution < 1.29 is 0 Å². The summed E-state index contributed by atoms with van der Waals surface area (Å²) in [6.07, 6.45) is 1.49. The summed E-state index contributed by atoms with van der Waals surface area (Å²) >= 11 is 0. The van der Waals surface area contributed by atoms with Gasteiger partial charge in [0.15, 0.2) is 5.96 Å². The lowest BCUT2D eigenvalue weighted by atomic mass is 10.1. The van der Waals surface area contributed by atoms with Crippen LogP contribution in [0.15, 0.2) is 35.5 Å². The lowest BCUT2D eigenvalue weighted by Gasteiger charge is -2.32. The number of rotatable bonds is 2. The van der Waals surface area contributed by atoms with E-state index < -0.39 is 0 Å². The molecule has 108 valence electrons. The van der Waals surface area contributed by atoms with Gasteiger partial charge in [-0.25, -0.2) is 10.0 Å². The highest BCUT2D eigenvalue weighted by atomic mass is 15.4. The molecule has 20 heavy (non-hydrogen) atoms. The first-order chi connectivity index (χ1) is 9.61. The van der Waals surface area contributed by atoms with E-state index in [-0.39, 0.29) is 0 Å². The molecule has 0 spiro atoms. The third kappa shape index (κ3) is 3.28. The van der Waals surface area contributed by atoms with Crippen molar-refractivity contribution in [1.29, 1.82) is 0 Å². The molecule has 0 aliphatic carbocycles. The van der Waals surface area contributed by atoms with Crippen molar-refractivity contribution in [2.75, 3.05) is 26.2 Å². The van der Waals surface area contributed by atoms with Gasteiger partial charge >= 0.3 is 0 Å². The van der Waals surface area contributed by atoms with Crippen LogP contribution in [-0.2, 0) is 0 Å². The molecule has 2 rings (SSSR count). The summed E-state index contributed by atoms with van der Waals surface area (Å²) in [4.78, 5) is 6.49. The largest absolute Gasteiger partial charge is 0.403 e. The fourth-order valence-electron chi connectivity index (χ4n) is 2.19. The minimum absolute atomic E-state index is 0.484. The molecule has 1 aliphatic rings. The zero-order chi connectivity index (χ0) is 14.5. The average Bonchev–Trinajstić information content (AvgIpc) is 2.46. The predicted octanol–water partition coefficient (Wildman–Crippen LogP) is 0.0581. The van der Waals surface area contributed by atoms with Gasteiger partial charge in [0.2, 0.25) is 0 Å². The Labute approximate surface area is 119 Å². The van der Waals surface area contributed by atoms with Crippen molar-refractivity contribution >= 4 is 11.7 Å². The topological polar surface area (TPSA) is 96.9 Å². The van der Waals surface area contributed by atoms with Crippen LogP contribution in [-0.4, -0.2) is 42.0 Å². The second-order valence-corrected chi connectivity index (χ2v) is 4.86. The van der Waals surface area contributed by atoms with Crippen molar-refractivity contribution in [1.82, 2.24) is 9.91 Å². The van der Waals surface area contributed by atoms with E-state index in [0.29, 0.717) is 11.7 Å². The quantitative estimate of drug-likeness (QED) is 0.402. The van der Waals surface area contributed by atoms with Crippen LogP contribution in [0.3, 0.4) is 0 Å². The molecular weight excluding hydrogens is 252 g/mol. The molecule has 0 amide bonds. The maximum atomic E-state index is 6.08. The average molecular weight is 274 g/mol. The molecule has 1 aromatic rings. The molecule has 1 fully saturated rings. The minimum Gasteiger partial charge on any atom is -0.403 e. The highest BCUT2D eigenvalue weighted by Crippen LogP contribution is 2.19. The summed E-state index contributed by atoms with van der Waals surface area (Å²) in [6.45, 7) is 5.14. The second kappa shape index (κ2) is 6.40. The van der Waals surface area contributed by atoms with E-state index in [1.54, 1.807) is 5.01 Å². The summed E-state index contributed by atoms with van der Waals surface area (Å²) < 4.78 is 0. The van der Waals surface area contributed by atoms with Crippen LogP contribution in [0.1, 0.15) is 11.1 Å². The van der Waals surface area contributed by atoms with Gasteiger partial charge in [0.05, 0.1) is 5.70 Å². The van der Waals surface area contributed by atoms with Crippen LogP contribution in [0.25, 0.3) is 5.70 Å². The van der Waals surface area contributed by atoms with E-state index >= 15 is 0 Å². The van der Waals surface area contributed by atoms with Crippen molar-refractivity contribution in [2.24, 2.45) is 22.3 Å². The number of guanidine groups is 1. The fourth-order valence-corrected chi connectivity index (χ4v) is 2.19. The number of aryl methyl sites for hydroxylation is 1. The molecule has 0 bridgehead atoms. The van der Waals surface area contributed by atoms with E-state index in [1.807, 2.05) is 36.1 Å². The van der Waals surface area contributed by atoms with Crippen LogP contribution in [0.2, 0.25) is 0 Å². The number of benzene rings is 1. The van der Waals surface area contributed by atoms with Gasteiger partial charge < -0.3 is 16.4 Å². The molecule has 0 unspecified atom stereocenters. The van der Waals surface area contributed by atoms with Crippen LogP contribution < -0.4 is 17.3 Å². The number of nitrogens with two attached hydrogens (primary N) is 3. The minimum atomic E-state index is 0.484. The van der Waals surface area contributed by atoms with Crippen molar-refractivity contribution in [2.45, 2.75) is 6.92 Å². The van der Waals surface area contributed by atoms with Gasteiger partial charge in [-0.1, -0.05) is 24.3 Å². The van der Waals surface area contributed by atoms with Crippen molar-refractivity contribution in [3.63, 3.8) is 0 Å². The predicted molar refractivity (Wildman–Crippen MR) is 82.3 cm³/mol. The molecular formula is C14H22N6. The van der Waals surface area contributed by atoms with Gasteiger partial charge in [-0.15, -0.1) is 0 Å². The monoisotopic (exact) mass is 274 g/mol. The van der Waals surface area contributed by atoms with Crippen molar-refractivity contribution in [3.8, 4) is 0 Å². The molecule has 6 heteroatoms. The van der Waals surface area contributed by atoms with Gasteiger partial charge in [0.1, 0.15) is 0 Å². The molecule has 0 radical (unpaired) electrons. The Kier molecular flexibility index (Phi) is 4.60. The number of hydrogen-bond donors (Lipinski definition) is 3. The van der Waals surface area contributed by atoms with E-state index in [4.69, 9.17) is 17.3 Å². The summed E-state index contributed by atoms with van der Waals surface area (Å²) in [6, 6.07) is 7.96. The van der Waals surface area contributed by atoms with E-state index in [9.17, 15) is 0 Å². The number of hydrazine groups is 1. The summed E-state index contributed by atoms with van der Waals surface area (Å²) in [5.41, 5.74) is 14.6. The molecule has 0 atom stereocenters. The smallest absolute Gasteiger partial charge is 0.196 e. The first kappa shape index (κ1) is 14.4. The Morgan fingerprint density at radius 3 is 2.45 bits per heavy atom. The SMILES string of the molecule is Cc1ccccc1/C(=C/N)N=C(N)N1CCN(N)CC1. The Morgan fingerprint density at radius 2 is 1.85 bits per heavy atom. The Morgan fingerprint density at radius 1 is 1.20 bits per heavy atom. The van der Waals surface area contributed by atoms with E-state index in [1.165, 1.54) is 6.20 Å². The molecule has 1 aromatic carbocycles. The second-order valence-electron chi connectivity index (χ2n) is 4.86. The molecule has 6 nitrogen and oxygen atoms in total. The maximum Gasteiger partial charge on any atom is 0.196 e. The number of piperazine rings is 1. The van der Waals surface area contributed by atoms with Gasteiger partial charge in [0, 0.05) is 37.9 Å². The number of hydrogen-bond acceptors (Lipinski definition) is 4. The third-order valence-corrected chi connectivity index (χ3v) is 3.45. The zero-order valence-corrected chi connectivity index (χ0v) is 11.8.